The minimum absolute atomic E-state index is 0.166. The molecule has 0 bridgehead atoms. The van der Waals surface area contributed by atoms with E-state index >= 15 is 0 Å². The van der Waals surface area contributed by atoms with Crippen molar-refractivity contribution in [3.63, 3.8) is 0 Å². The van der Waals surface area contributed by atoms with Gasteiger partial charge in [0.05, 0.1) is 0 Å². The van der Waals surface area contributed by atoms with Crippen molar-refractivity contribution in [1.29, 1.82) is 0 Å². The van der Waals surface area contributed by atoms with E-state index in [0.29, 0.717) is 12.2 Å². The topological polar surface area (TPSA) is 34.1 Å². The van der Waals surface area contributed by atoms with Gasteiger partial charge in [-0.3, -0.25) is 9.59 Å². The molecular formula is C15H23ClO2Si. The van der Waals surface area contributed by atoms with E-state index in [0.717, 1.165) is 19.3 Å². The average molecular weight is 299 g/mol. The summed E-state index contributed by atoms with van der Waals surface area (Å²) in [5.41, 5.74) is 0.166. The molecule has 0 aliphatic rings. The second-order valence-corrected chi connectivity index (χ2v) is 11.5. The second kappa shape index (κ2) is 10.8. The van der Waals surface area contributed by atoms with Crippen LogP contribution in [0.4, 0.5) is 0 Å². The Labute approximate surface area is 123 Å². The normalized spacial score (nSPS) is 11.3. The highest BCUT2D eigenvalue weighted by Crippen LogP contribution is 2.32. The Morgan fingerprint density at radius 3 is 1.84 bits per heavy atom. The highest BCUT2D eigenvalue weighted by molar-refractivity contribution is 7.21. The van der Waals surface area contributed by atoms with Crippen LogP contribution in [0, 0.1) is 24.7 Å². The first-order valence-corrected chi connectivity index (χ1v) is 10.5. The molecular weight excluding hydrogens is 276 g/mol. The molecule has 1 unspecified atom stereocenters. The molecule has 0 aromatic rings. The lowest BCUT2D eigenvalue weighted by atomic mass is 10.1. The third-order valence-corrected chi connectivity index (χ3v) is 5.61. The molecule has 0 aliphatic carbocycles. The van der Waals surface area contributed by atoms with Gasteiger partial charge >= 0.3 is 0 Å². The zero-order valence-corrected chi connectivity index (χ0v) is 14.0. The molecule has 0 heterocycles. The molecule has 0 aliphatic heterocycles. The maximum atomic E-state index is 11.7. The van der Waals surface area contributed by atoms with E-state index in [9.17, 15) is 9.59 Å². The number of carbonyl (C=O) groups is 2. The number of hydrogen-bond acceptors (Lipinski definition) is 2. The van der Waals surface area contributed by atoms with Crippen molar-refractivity contribution in [3.8, 4) is 24.7 Å². The van der Waals surface area contributed by atoms with Crippen LogP contribution in [0.1, 0.15) is 39.5 Å². The highest BCUT2D eigenvalue weighted by Gasteiger charge is 2.33. The van der Waals surface area contributed by atoms with Crippen molar-refractivity contribution < 1.29 is 9.59 Å². The Bertz CT molecular complexity index is 353. The predicted octanol–water partition coefficient (Wildman–Crippen LogP) is 3.79. The van der Waals surface area contributed by atoms with Crippen LogP contribution in [0.5, 0.6) is 0 Å². The Balaban J connectivity index is 0. The molecule has 0 aromatic heterocycles. The van der Waals surface area contributed by atoms with Gasteiger partial charge in [0, 0.05) is 12.0 Å². The molecule has 2 nitrogen and oxygen atoms in total. The van der Waals surface area contributed by atoms with E-state index in [-0.39, 0.29) is 5.54 Å². The smallest absolute Gasteiger partial charge is 0.278 e. The standard InChI is InChI=1S/C10H21ClOSi.C5H2O/c1-5-7-9(12)10(8-6-2)13(3,4)11;1-3-5(6)4-2/h10H,5-8H2,1-4H3;1-2H. The third-order valence-electron chi connectivity index (χ3n) is 2.55. The fraction of sp³-hybridized carbons (Fsp3) is 0.600. The molecule has 106 valence electrons. The average Bonchev–Trinajstić information content (AvgIpc) is 2.34. The number of carbonyl (C=O) groups excluding carboxylic acids is 2. The monoisotopic (exact) mass is 298 g/mol. The minimum atomic E-state index is -1.79. The summed E-state index contributed by atoms with van der Waals surface area (Å²) in [6.07, 6.45) is 12.8. The van der Waals surface area contributed by atoms with E-state index < -0.39 is 13.2 Å². The van der Waals surface area contributed by atoms with E-state index in [1.165, 1.54) is 0 Å². The number of halogens is 1. The summed E-state index contributed by atoms with van der Waals surface area (Å²) in [4.78, 5) is 21.4. The van der Waals surface area contributed by atoms with Crippen molar-refractivity contribution >= 4 is 30.0 Å². The summed E-state index contributed by atoms with van der Waals surface area (Å²) in [7, 11) is -1.79. The van der Waals surface area contributed by atoms with E-state index in [1.54, 1.807) is 11.8 Å². The quantitative estimate of drug-likeness (QED) is 0.323. The Morgan fingerprint density at radius 2 is 1.63 bits per heavy atom. The molecule has 0 fully saturated rings. The van der Waals surface area contributed by atoms with Gasteiger partial charge in [-0.05, 0) is 24.7 Å². The molecule has 0 aromatic carbocycles. The summed E-state index contributed by atoms with van der Waals surface area (Å²) in [6.45, 7) is 8.30. The predicted molar refractivity (Wildman–Crippen MR) is 84.6 cm³/mol. The van der Waals surface area contributed by atoms with Crippen LogP contribution in [-0.4, -0.2) is 19.0 Å². The fourth-order valence-corrected chi connectivity index (χ4v) is 4.22. The molecule has 0 amide bonds. The highest BCUT2D eigenvalue weighted by atomic mass is 35.6. The third kappa shape index (κ3) is 10.6. The van der Waals surface area contributed by atoms with Gasteiger partial charge in [0.1, 0.15) is 5.78 Å². The van der Waals surface area contributed by atoms with Crippen LogP contribution in [0.2, 0.25) is 18.6 Å². The maximum absolute atomic E-state index is 11.7. The summed E-state index contributed by atoms with van der Waals surface area (Å²) in [5.74, 6) is 3.26. The number of terminal acetylenes is 2. The van der Waals surface area contributed by atoms with Gasteiger partial charge in [0.15, 0.2) is 7.38 Å². The van der Waals surface area contributed by atoms with E-state index in [1.807, 2.05) is 6.92 Å². The van der Waals surface area contributed by atoms with Gasteiger partial charge in [-0.1, -0.05) is 33.4 Å². The Hall–Kier alpha value is -1.03. The van der Waals surface area contributed by atoms with Crippen LogP contribution in [-0.2, 0) is 9.59 Å². The van der Waals surface area contributed by atoms with Gasteiger partial charge in [0.25, 0.3) is 5.78 Å². The Kier molecular flexibility index (Phi) is 11.6. The van der Waals surface area contributed by atoms with Crippen molar-refractivity contribution in [1.82, 2.24) is 0 Å². The summed E-state index contributed by atoms with van der Waals surface area (Å²) >= 11 is 6.33. The lowest BCUT2D eigenvalue weighted by Crippen LogP contribution is -2.31. The Morgan fingerprint density at radius 1 is 1.16 bits per heavy atom. The second-order valence-electron chi connectivity index (χ2n) is 4.74. The van der Waals surface area contributed by atoms with Crippen LogP contribution in [0.15, 0.2) is 0 Å². The summed E-state index contributed by atoms with van der Waals surface area (Å²) in [6, 6.07) is 0. The first-order valence-electron chi connectivity index (χ1n) is 6.43. The largest absolute Gasteiger partial charge is 0.300 e. The lowest BCUT2D eigenvalue weighted by molar-refractivity contribution is -0.119. The van der Waals surface area contributed by atoms with Crippen LogP contribution >= 0.6 is 11.1 Å². The van der Waals surface area contributed by atoms with Gasteiger partial charge in [-0.15, -0.1) is 12.8 Å². The van der Waals surface area contributed by atoms with Gasteiger partial charge in [-0.25, -0.2) is 0 Å². The van der Waals surface area contributed by atoms with Crippen molar-refractivity contribution in [3.05, 3.63) is 0 Å². The molecule has 1 atom stereocenters. The molecule has 19 heavy (non-hydrogen) atoms. The van der Waals surface area contributed by atoms with Gasteiger partial charge in [-0.2, -0.15) is 11.1 Å². The zero-order valence-electron chi connectivity index (χ0n) is 12.3. The summed E-state index contributed by atoms with van der Waals surface area (Å²) < 4.78 is 0. The fourth-order valence-electron chi connectivity index (χ4n) is 1.64. The number of hydrogen-bond donors (Lipinski definition) is 0. The SMILES string of the molecule is C#CC(=O)C#C.CCCC(=O)C(CCC)[Si](C)(C)Cl. The van der Waals surface area contributed by atoms with Crippen LogP contribution in [0.25, 0.3) is 0 Å². The summed E-state index contributed by atoms with van der Waals surface area (Å²) in [5, 5.41) is 0. The lowest BCUT2D eigenvalue weighted by Gasteiger charge is -2.24. The molecule has 4 heteroatoms. The maximum Gasteiger partial charge on any atom is 0.278 e. The van der Waals surface area contributed by atoms with Crippen LogP contribution in [0.3, 0.4) is 0 Å². The number of ketones is 2. The molecule has 0 spiro atoms. The molecule has 0 N–H and O–H groups in total. The van der Waals surface area contributed by atoms with Crippen molar-refractivity contribution in [2.45, 2.75) is 58.2 Å². The first-order chi connectivity index (χ1) is 8.74. The van der Waals surface area contributed by atoms with Crippen molar-refractivity contribution in [2.75, 3.05) is 0 Å². The van der Waals surface area contributed by atoms with E-state index in [2.05, 4.69) is 32.9 Å². The molecule has 0 rings (SSSR count). The minimum Gasteiger partial charge on any atom is -0.300 e. The van der Waals surface area contributed by atoms with Gasteiger partial charge in [0.2, 0.25) is 0 Å². The number of Topliss-reactive ketones (excluding diaryl/α,β-unsaturated/α-hetero) is 2. The van der Waals surface area contributed by atoms with Crippen LogP contribution < -0.4 is 0 Å². The van der Waals surface area contributed by atoms with Gasteiger partial charge < -0.3 is 0 Å². The van der Waals surface area contributed by atoms with Crippen molar-refractivity contribution in [2.24, 2.45) is 0 Å². The zero-order chi connectivity index (χ0) is 15.5. The van der Waals surface area contributed by atoms with E-state index in [4.69, 9.17) is 11.1 Å². The molecule has 0 saturated carbocycles. The molecule has 0 radical (unpaired) electrons. The number of rotatable bonds is 6. The molecule has 0 saturated heterocycles. The first kappa shape index (κ1) is 20.3.